The number of nitrogens with one attached hydrogen (secondary N) is 1. The Kier molecular flexibility index (Phi) is 9.40. The lowest BCUT2D eigenvalue weighted by Gasteiger charge is -2.26. The highest BCUT2D eigenvalue weighted by atomic mass is 32.1. The number of H-pyrrole nitrogens is 1. The van der Waals surface area contributed by atoms with Gasteiger partial charge in [-0.2, -0.15) is 18.6 Å². The molecule has 2 aromatic rings. The van der Waals surface area contributed by atoms with Crippen LogP contribution >= 0.6 is 13.5 Å². The largest absolute Gasteiger partial charge is 0.379 e. The monoisotopic (exact) mass is 522 g/mol. The zero-order valence-electron chi connectivity index (χ0n) is 21.6. The molecule has 0 bridgehead atoms. The lowest BCUT2D eigenvalue weighted by atomic mass is 9.91. The molecule has 8 heteroatoms. The number of amides is 1. The van der Waals surface area contributed by atoms with Crippen LogP contribution in [0.1, 0.15) is 60.5 Å². The first kappa shape index (κ1) is 27.4. The number of morpholine rings is 1. The smallest absolute Gasteiger partial charge is 0.246 e. The van der Waals surface area contributed by atoms with Crippen LogP contribution in [0.3, 0.4) is 0 Å². The second kappa shape index (κ2) is 12.7. The molecule has 0 radical (unpaired) electrons. The zero-order chi connectivity index (χ0) is 24.9. The number of ether oxygens (including phenoxy) is 1. The summed E-state index contributed by atoms with van der Waals surface area (Å²) >= 11 is 0. The van der Waals surface area contributed by atoms with Crippen molar-refractivity contribution in [2.24, 2.45) is 0 Å². The molecule has 1 amide bonds. The van der Waals surface area contributed by atoms with Crippen molar-refractivity contribution in [2.45, 2.75) is 44.4 Å². The number of rotatable bonds is 9. The molecule has 1 aliphatic carbocycles. The topological polar surface area (TPSA) is 78.5 Å². The Balaban J connectivity index is 0.00000320. The fraction of sp³-hybridized carbons (Fsp3) is 0.483. The highest BCUT2D eigenvalue weighted by molar-refractivity contribution is 7.59. The number of benzene rings is 1. The molecule has 1 saturated heterocycles. The maximum absolute atomic E-state index is 12.8. The maximum atomic E-state index is 12.8. The van der Waals surface area contributed by atoms with E-state index in [1.54, 1.807) is 6.08 Å². The average Bonchev–Trinajstić information content (AvgIpc) is 3.67. The Hall–Kier alpha value is -2.68. The van der Waals surface area contributed by atoms with Gasteiger partial charge in [0.25, 0.3) is 0 Å². The van der Waals surface area contributed by atoms with Gasteiger partial charge in [-0.3, -0.25) is 19.6 Å². The number of hydrogen-bond donors (Lipinski definition) is 1. The van der Waals surface area contributed by atoms with E-state index in [9.17, 15) is 9.59 Å². The summed E-state index contributed by atoms with van der Waals surface area (Å²) in [6.45, 7) is 7.49. The second-order valence-electron chi connectivity index (χ2n) is 10.2. The van der Waals surface area contributed by atoms with Crippen molar-refractivity contribution in [1.82, 2.24) is 20.0 Å². The summed E-state index contributed by atoms with van der Waals surface area (Å²) in [6, 6.07) is 10.4. The molecule has 0 spiro atoms. The Morgan fingerprint density at radius 3 is 2.59 bits per heavy atom. The summed E-state index contributed by atoms with van der Waals surface area (Å²) in [5, 5.41) is 7.40. The molecule has 1 saturated carbocycles. The Morgan fingerprint density at radius 1 is 1.16 bits per heavy atom. The minimum atomic E-state index is -0.163. The van der Waals surface area contributed by atoms with Crippen LogP contribution in [0.15, 0.2) is 48.6 Å². The van der Waals surface area contributed by atoms with Crippen LogP contribution in [0.2, 0.25) is 0 Å². The summed E-state index contributed by atoms with van der Waals surface area (Å²) in [6.07, 6.45) is 9.45. The molecule has 1 aromatic carbocycles. The van der Waals surface area contributed by atoms with Crippen LogP contribution in [0.25, 0.3) is 5.57 Å². The third-order valence-electron chi connectivity index (χ3n) is 7.52. The standard InChI is InChI=1S/C29H36N4O3.H2S/c1-21(28(34)20-26-19-27(31-30-26)25-8-9-25)22-4-6-23(7-5-22)24-10-13-33(14-11-24)29(35)3-2-12-32-15-17-36-18-16-32;/h2-7,10,19,21,25H,8-9,11-18,20H2,1H3,(H,30,31);1H2/b3-2+;/t21-;/m0./s1. The van der Waals surface area contributed by atoms with Crippen molar-refractivity contribution in [3.05, 3.63) is 71.1 Å². The SMILES string of the molecule is C[C@H](C(=O)Cc1cc(C2CC2)n[nH]1)c1ccc(C2=CCN(C(=O)/C=C/CN3CCOCC3)CC2)cc1.S. The van der Waals surface area contributed by atoms with Crippen LogP contribution in [-0.2, 0) is 20.7 Å². The molecule has 37 heavy (non-hydrogen) atoms. The van der Waals surface area contributed by atoms with E-state index in [0.717, 1.165) is 68.3 Å². The van der Waals surface area contributed by atoms with Gasteiger partial charge in [-0.1, -0.05) is 43.3 Å². The molecule has 198 valence electrons. The van der Waals surface area contributed by atoms with Crippen LogP contribution in [0, 0.1) is 0 Å². The van der Waals surface area contributed by atoms with Gasteiger partial charge < -0.3 is 9.64 Å². The normalized spacial score (nSPS) is 19.4. The van der Waals surface area contributed by atoms with E-state index in [4.69, 9.17) is 4.74 Å². The molecule has 0 unspecified atom stereocenters. The number of carbonyl (C=O) groups is 2. The van der Waals surface area contributed by atoms with Crippen molar-refractivity contribution >= 4 is 30.8 Å². The number of aromatic amines is 1. The number of nitrogens with zero attached hydrogens (tertiary/aromatic N) is 3. The Morgan fingerprint density at radius 2 is 1.92 bits per heavy atom. The molecule has 1 N–H and O–H groups in total. The molecule has 1 atom stereocenters. The molecule has 5 rings (SSSR count). The molecule has 2 aliphatic heterocycles. The Labute approximate surface area is 226 Å². The highest BCUT2D eigenvalue weighted by Gasteiger charge is 2.27. The van der Waals surface area contributed by atoms with Crippen LogP contribution in [0.5, 0.6) is 0 Å². The lowest BCUT2D eigenvalue weighted by Crippen LogP contribution is -2.36. The minimum absolute atomic E-state index is 0. The van der Waals surface area contributed by atoms with Gasteiger partial charge in [0, 0.05) is 62.8 Å². The zero-order valence-corrected chi connectivity index (χ0v) is 22.6. The molecule has 3 aliphatic rings. The highest BCUT2D eigenvalue weighted by Crippen LogP contribution is 2.39. The molecular weight excluding hydrogens is 484 g/mol. The number of carbonyl (C=O) groups excluding carboxylic acids is 2. The summed E-state index contributed by atoms with van der Waals surface area (Å²) in [7, 11) is 0. The predicted molar refractivity (Wildman–Crippen MR) is 150 cm³/mol. The first-order chi connectivity index (χ1) is 17.6. The fourth-order valence-corrected chi connectivity index (χ4v) is 4.89. The molecule has 3 heterocycles. The van der Waals surface area contributed by atoms with E-state index in [1.807, 2.05) is 17.9 Å². The van der Waals surface area contributed by atoms with Gasteiger partial charge in [0.2, 0.25) is 5.91 Å². The van der Waals surface area contributed by atoms with Gasteiger partial charge in [-0.05, 0) is 42.0 Å². The number of hydrogen-bond acceptors (Lipinski definition) is 5. The maximum Gasteiger partial charge on any atom is 0.246 e. The third kappa shape index (κ3) is 7.21. The van der Waals surface area contributed by atoms with Crippen molar-refractivity contribution in [2.75, 3.05) is 45.9 Å². The van der Waals surface area contributed by atoms with Crippen molar-refractivity contribution in [3.63, 3.8) is 0 Å². The molecular formula is C29H38N4O3S. The van der Waals surface area contributed by atoms with E-state index in [2.05, 4.69) is 51.5 Å². The fourth-order valence-electron chi connectivity index (χ4n) is 4.89. The molecule has 1 aromatic heterocycles. The van der Waals surface area contributed by atoms with Crippen LogP contribution in [0.4, 0.5) is 0 Å². The number of aromatic nitrogens is 2. The van der Waals surface area contributed by atoms with E-state index in [1.165, 1.54) is 18.4 Å². The Bertz CT molecular complexity index is 1130. The summed E-state index contributed by atoms with van der Waals surface area (Å²) in [4.78, 5) is 29.6. The van der Waals surface area contributed by atoms with Crippen molar-refractivity contribution in [3.8, 4) is 0 Å². The first-order valence-electron chi connectivity index (χ1n) is 13.2. The van der Waals surface area contributed by atoms with Crippen molar-refractivity contribution < 1.29 is 14.3 Å². The van der Waals surface area contributed by atoms with E-state index >= 15 is 0 Å². The summed E-state index contributed by atoms with van der Waals surface area (Å²) < 4.78 is 5.36. The van der Waals surface area contributed by atoms with Crippen LogP contribution < -0.4 is 0 Å². The number of ketones is 1. The van der Waals surface area contributed by atoms with Gasteiger partial charge in [0.05, 0.1) is 18.9 Å². The molecule has 2 fully saturated rings. The van der Waals surface area contributed by atoms with Crippen molar-refractivity contribution in [1.29, 1.82) is 0 Å². The lowest BCUT2D eigenvalue weighted by molar-refractivity contribution is -0.125. The van der Waals surface area contributed by atoms with Gasteiger partial charge in [-0.15, -0.1) is 0 Å². The summed E-state index contributed by atoms with van der Waals surface area (Å²) in [5.74, 6) is 0.694. The quantitative estimate of drug-likeness (QED) is 0.507. The minimum Gasteiger partial charge on any atom is -0.379 e. The first-order valence-corrected chi connectivity index (χ1v) is 13.2. The molecule has 7 nitrogen and oxygen atoms in total. The van der Waals surface area contributed by atoms with E-state index in [0.29, 0.717) is 18.9 Å². The van der Waals surface area contributed by atoms with Gasteiger partial charge >= 0.3 is 0 Å². The van der Waals surface area contributed by atoms with E-state index in [-0.39, 0.29) is 31.1 Å². The predicted octanol–water partition coefficient (Wildman–Crippen LogP) is 3.82. The average molecular weight is 523 g/mol. The summed E-state index contributed by atoms with van der Waals surface area (Å²) in [5.41, 5.74) is 5.46. The van der Waals surface area contributed by atoms with Gasteiger partial charge in [0.1, 0.15) is 5.78 Å². The van der Waals surface area contributed by atoms with Crippen LogP contribution in [-0.4, -0.2) is 77.6 Å². The number of Topliss-reactive ketones (excluding diaryl/α,β-unsaturated/α-hetero) is 1. The van der Waals surface area contributed by atoms with Gasteiger partial charge in [0.15, 0.2) is 0 Å². The third-order valence-corrected chi connectivity index (χ3v) is 7.52. The van der Waals surface area contributed by atoms with Gasteiger partial charge in [-0.25, -0.2) is 0 Å². The second-order valence-corrected chi connectivity index (χ2v) is 10.2. The van der Waals surface area contributed by atoms with E-state index < -0.39 is 0 Å².